The van der Waals surface area contributed by atoms with Crippen molar-refractivity contribution in [3.63, 3.8) is 0 Å². The second-order valence-corrected chi connectivity index (χ2v) is 6.57. The molecule has 1 aromatic heterocycles. The van der Waals surface area contributed by atoms with Gasteiger partial charge in [0.15, 0.2) is 6.10 Å². The van der Waals surface area contributed by atoms with Crippen LogP contribution in [0.25, 0.3) is 0 Å². The van der Waals surface area contributed by atoms with Crippen LogP contribution in [0.5, 0.6) is 0 Å². The number of ketones is 1. The monoisotopic (exact) mass is 391 g/mol. The van der Waals surface area contributed by atoms with Gasteiger partial charge in [-0.15, -0.1) is 0 Å². The maximum Gasteiger partial charge on any atom is 0.338 e. The van der Waals surface area contributed by atoms with Gasteiger partial charge < -0.3 is 10.1 Å². The number of nitrogens with one attached hydrogen (secondary N) is 1. The van der Waals surface area contributed by atoms with E-state index in [9.17, 15) is 14.4 Å². The summed E-state index contributed by atoms with van der Waals surface area (Å²) in [5.74, 6) is -1.07. The number of anilines is 1. The van der Waals surface area contributed by atoms with E-state index in [1.807, 2.05) is 24.4 Å². The first kappa shape index (κ1) is 20.0. The molecule has 0 spiro atoms. The van der Waals surface area contributed by atoms with Crippen LogP contribution in [0.1, 0.15) is 40.1 Å². The maximum absolute atomic E-state index is 12.5. The fraction of sp³-hybridized carbons (Fsp3) is 0.182. The van der Waals surface area contributed by atoms with Crippen LogP contribution in [0.15, 0.2) is 67.0 Å². The maximum atomic E-state index is 12.5. The minimum absolute atomic E-state index is 0.193. The number of hydrogen-bond acceptors (Lipinski definition) is 5. The zero-order valence-corrected chi connectivity index (χ0v) is 16.2. The van der Waals surface area contributed by atoms with Crippen LogP contribution >= 0.6 is 0 Å². The molecule has 7 heteroatoms. The van der Waals surface area contributed by atoms with Crippen molar-refractivity contribution in [1.29, 1.82) is 0 Å². The highest BCUT2D eigenvalue weighted by Gasteiger charge is 2.20. The van der Waals surface area contributed by atoms with Gasteiger partial charge in [0.05, 0.1) is 12.1 Å². The number of carbonyl (C=O) groups is 3. The van der Waals surface area contributed by atoms with Gasteiger partial charge in [0.25, 0.3) is 0 Å². The van der Waals surface area contributed by atoms with Gasteiger partial charge in [-0.1, -0.05) is 12.1 Å². The average Bonchev–Trinajstić information content (AvgIpc) is 3.21. The Labute approximate surface area is 168 Å². The van der Waals surface area contributed by atoms with Crippen molar-refractivity contribution in [3.8, 4) is 0 Å². The summed E-state index contributed by atoms with van der Waals surface area (Å²) >= 11 is 0. The Morgan fingerprint density at radius 2 is 1.69 bits per heavy atom. The van der Waals surface area contributed by atoms with Crippen LogP contribution < -0.4 is 5.32 Å². The molecule has 0 aliphatic rings. The Bertz CT molecular complexity index is 994. The fourth-order valence-electron chi connectivity index (χ4n) is 2.77. The second kappa shape index (κ2) is 8.97. The largest absolute Gasteiger partial charge is 0.451 e. The van der Waals surface area contributed by atoms with E-state index in [0.29, 0.717) is 23.4 Å². The molecule has 0 aliphatic heterocycles. The summed E-state index contributed by atoms with van der Waals surface area (Å²) in [6.07, 6.45) is 2.63. The lowest BCUT2D eigenvalue weighted by Crippen LogP contribution is -2.24. The van der Waals surface area contributed by atoms with E-state index in [4.69, 9.17) is 4.74 Å². The van der Waals surface area contributed by atoms with Crippen molar-refractivity contribution in [1.82, 2.24) is 9.78 Å². The molecule has 0 aliphatic carbocycles. The van der Waals surface area contributed by atoms with Gasteiger partial charge in [-0.05, 0) is 55.0 Å². The Kier molecular flexibility index (Phi) is 6.19. The number of hydrogen-bond donors (Lipinski definition) is 1. The molecule has 0 radical (unpaired) electrons. The molecular formula is C22H21N3O4. The summed E-state index contributed by atoms with van der Waals surface area (Å²) in [6.45, 7) is 3.55. The van der Waals surface area contributed by atoms with E-state index in [-0.39, 0.29) is 11.7 Å². The molecule has 1 heterocycles. The third kappa shape index (κ3) is 5.38. The highest BCUT2D eigenvalue weighted by atomic mass is 16.5. The summed E-state index contributed by atoms with van der Waals surface area (Å²) in [5.41, 5.74) is 2.35. The zero-order valence-electron chi connectivity index (χ0n) is 16.2. The zero-order chi connectivity index (χ0) is 20.8. The van der Waals surface area contributed by atoms with Crippen LogP contribution in [-0.2, 0) is 16.1 Å². The molecule has 29 heavy (non-hydrogen) atoms. The van der Waals surface area contributed by atoms with Gasteiger partial charge in [-0.25, -0.2) is 4.79 Å². The normalized spacial score (nSPS) is 11.5. The molecule has 1 amide bonds. The van der Waals surface area contributed by atoms with E-state index in [1.54, 1.807) is 47.3 Å². The number of aromatic nitrogens is 2. The highest BCUT2D eigenvalue weighted by molar-refractivity contribution is 6.01. The van der Waals surface area contributed by atoms with E-state index in [2.05, 4.69) is 10.4 Å². The third-order valence-corrected chi connectivity index (χ3v) is 4.24. The number of rotatable bonds is 7. The van der Waals surface area contributed by atoms with E-state index >= 15 is 0 Å². The summed E-state index contributed by atoms with van der Waals surface area (Å²) in [4.78, 5) is 35.9. The van der Waals surface area contributed by atoms with Crippen molar-refractivity contribution in [2.24, 2.45) is 0 Å². The molecule has 2 aromatic carbocycles. The van der Waals surface area contributed by atoms with Crippen molar-refractivity contribution >= 4 is 23.3 Å². The number of Topliss-reactive ketones (excluding diaryl/α,β-unsaturated/α-hetero) is 1. The number of amides is 1. The van der Waals surface area contributed by atoms with Crippen molar-refractivity contribution in [3.05, 3.63) is 83.7 Å². The van der Waals surface area contributed by atoms with Gasteiger partial charge in [0.2, 0.25) is 11.7 Å². The van der Waals surface area contributed by atoms with Gasteiger partial charge in [-0.3, -0.25) is 14.3 Å². The molecule has 0 bridgehead atoms. The molecule has 148 valence electrons. The van der Waals surface area contributed by atoms with Crippen LogP contribution in [0, 0.1) is 0 Å². The molecule has 1 atom stereocenters. The summed E-state index contributed by atoms with van der Waals surface area (Å²) < 4.78 is 7.10. The lowest BCUT2D eigenvalue weighted by Gasteiger charge is -2.13. The van der Waals surface area contributed by atoms with Gasteiger partial charge in [0, 0.05) is 30.6 Å². The predicted octanol–water partition coefficient (Wildman–Crippen LogP) is 3.32. The summed E-state index contributed by atoms with van der Waals surface area (Å²) in [5, 5.41) is 6.77. The predicted molar refractivity (Wildman–Crippen MR) is 108 cm³/mol. The molecule has 1 N–H and O–H groups in total. The Morgan fingerprint density at radius 1 is 1.03 bits per heavy atom. The number of carbonyl (C=O) groups excluding carboxylic acids is 3. The standard InChI is InChI=1S/C22H21N3O4/c1-15(21(27)18-8-10-20(11-9-18)24-16(2)26)29-22(28)19-6-4-17(5-7-19)14-25-13-3-12-23-25/h3-13,15H,14H2,1-2H3,(H,24,26). The number of benzene rings is 2. The van der Waals surface area contributed by atoms with Gasteiger partial charge >= 0.3 is 5.97 Å². The van der Waals surface area contributed by atoms with Crippen LogP contribution in [0.4, 0.5) is 5.69 Å². The minimum Gasteiger partial charge on any atom is -0.451 e. The van der Waals surface area contributed by atoms with Crippen LogP contribution in [0.2, 0.25) is 0 Å². The van der Waals surface area contributed by atoms with Gasteiger partial charge in [0.1, 0.15) is 0 Å². The first-order valence-corrected chi connectivity index (χ1v) is 9.11. The Morgan fingerprint density at radius 3 is 2.28 bits per heavy atom. The Hall–Kier alpha value is -3.74. The van der Waals surface area contributed by atoms with E-state index in [1.165, 1.54) is 13.8 Å². The topological polar surface area (TPSA) is 90.3 Å². The molecule has 0 fully saturated rings. The molecular weight excluding hydrogens is 370 g/mol. The molecule has 0 saturated heterocycles. The number of ether oxygens (including phenoxy) is 1. The second-order valence-electron chi connectivity index (χ2n) is 6.57. The van der Waals surface area contributed by atoms with E-state index < -0.39 is 12.1 Å². The SMILES string of the molecule is CC(=O)Nc1ccc(C(=O)C(C)OC(=O)c2ccc(Cn3cccn3)cc2)cc1. The van der Waals surface area contributed by atoms with Crippen molar-refractivity contribution < 1.29 is 19.1 Å². The van der Waals surface area contributed by atoms with Crippen molar-refractivity contribution in [2.45, 2.75) is 26.5 Å². The quantitative estimate of drug-likeness (QED) is 0.493. The summed E-state index contributed by atoms with van der Waals surface area (Å²) in [6, 6.07) is 15.3. The number of nitrogens with zero attached hydrogens (tertiary/aromatic N) is 2. The minimum atomic E-state index is -0.933. The molecule has 3 aromatic rings. The fourth-order valence-corrected chi connectivity index (χ4v) is 2.77. The Balaban J connectivity index is 1.59. The molecule has 7 nitrogen and oxygen atoms in total. The molecule has 3 rings (SSSR count). The smallest absolute Gasteiger partial charge is 0.338 e. The lowest BCUT2D eigenvalue weighted by atomic mass is 10.1. The van der Waals surface area contributed by atoms with E-state index in [0.717, 1.165) is 5.56 Å². The van der Waals surface area contributed by atoms with Crippen LogP contribution in [0.3, 0.4) is 0 Å². The first-order chi connectivity index (χ1) is 13.9. The highest BCUT2D eigenvalue weighted by Crippen LogP contribution is 2.14. The van der Waals surface area contributed by atoms with Crippen molar-refractivity contribution in [2.75, 3.05) is 5.32 Å². The van der Waals surface area contributed by atoms with Gasteiger partial charge in [-0.2, -0.15) is 5.10 Å². The number of esters is 1. The first-order valence-electron chi connectivity index (χ1n) is 9.11. The lowest BCUT2D eigenvalue weighted by molar-refractivity contribution is -0.114. The third-order valence-electron chi connectivity index (χ3n) is 4.24. The summed E-state index contributed by atoms with van der Waals surface area (Å²) in [7, 11) is 0. The molecule has 0 saturated carbocycles. The average molecular weight is 391 g/mol. The molecule has 1 unspecified atom stereocenters. The van der Waals surface area contributed by atoms with Crippen LogP contribution in [-0.4, -0.2) is 33.5 Å².